The molecule has 0 bridgehead atoms. The monoisotopic (exact) mass is 383 g/mol. The van der Waals surface area contributed by atoms with E-state index in [0.717, 1.165) is 49.7 Å². The first kappa shape index (κ1) is 18.4. The summed E-state index contributed by atoms with van der Waals surface area (Å²) < 4.78 is 0. The Hall–Kier alpha value is -2.94. The van der Waals surface area contributed by atoms with Crippen LogP contribution in [0.3, 0.4) is 0 Å². The van der Waals surface area contributed by atoms with Gasteiger partial charge in [0.05, 0.1) is 6.54 Å². The second kappa shape index (κ2) is 8.39. The molecule has 9 nitrogen and oxygen atoms in total. The Labute approximate surface area is 163 Å². The number of nitrogens with zero attached hydrogens (tertiary/aromatic N) is 5. The number of anilines is 1. The highest BCUT2D eigenvalue weighted by atomic mass is 16.2. The molecule has 0 unspecified atom stereocenters. The number of aromatic amines is 1. The van der Waals surface area contributed by atoms with Gasteiger partial charge in [0.2, 0.25) is 5.91 Å². The van der Waals surface area contributed by atoms with Gasteiger partial charge in [-0.2, -0.15) is 5.10 Å². The molecule has 2 aliphatic rings. The second-order valence-electron chi connectivity index (χ2n) is 7.17. The third kappa shape index (κ3) is 4.30. The summed E-state index contributed by atoms with van der Waals surface area (Å²) in [6, 6.07) is 7.80. The minimum absolute atomic E-state index is 0.0434. The quantitative estimate of drug-likeness (QED) is 0.802. The van der Waals surface area contributed by atoms with Gasteiger partial charge in [0.25, 0.3) is 0 Å². The number of urea groups is 1. The first-order chi connectivity index (χ1) is 13.7. The smallest absolute Gasteiger partial charge is 0.317 e. The summed E-state index contributed by atoms with van der Waals surface area (Å²) in [6.45, 7) is 5.00. The molecule has 148 valence electrons. The highest BCUT2D eigenvalue weighted by Crippen LogP contribution is 2.21. The Morgan fingerprint density at radius 1 is 1.11 bits per heavy atom. The maximum atomic E-state index is 12.4. The summed E-state index contributed by atoms with van der Waals surface area (Å²) >= 11 is 0. The molecule has 9 heteroatoms. The molecule has 28 heavy (non-hydrogen) atoms. The zero-order valence-electron chi connectivity index (χ0n) is 15.8. The van der Waals surface area contributed by atoms with Crippen molar-refractivity contribution in [1.29, 1.82) is 0 Å². The molecule has 3 heterocycles. The molecule has 0 radical (unpaired) electrons. The summed E-state index contributed by atoms with van der Waals surface area (Å²) in [6.07, 6.45) is 3.06. The minimum Gasteiger partial charge on any atom is -0.334 e. The first-order valence-corrected chi connectivity index (χ1v) is 9.68. The minimum atomic E-state index is -0.0434. The van der Waals surface area contributed by atoms with Crippen LogP contribution in [0.15, 0.2) is 30.6 Å². The van der Waals surface area contributed by atoms with Gasteiger partial charge in [0.15, 0.2) is 0 Å². The molecule has 2 aromatic rings. The Balaban J connectivity index is 1.22. The Kier molecular flexibility index (Phi) is 5.52. The van der Waals surface area contributed by atoms with Gasteiger partial charge < -0.3 is 15.1 Å². The number of rotatable bonds is 5. The van der Waals surface area contributed by atoms with E-state index in [9.17, 15) is 9.59 Å². The van der Waals surface area contributed by atoms with E-state index in [-0.39, 0.29) is 11.9 Å². The van der Waals surface area contributed by atoms with Crippen molar-refractivity contribution in [1.82, 2.24) is 30.3 Å². The number of nitrogens with one attached hydrogen (secondary N) is 2. The summed E-state index contributed by atoms with van der Waals surface area (Å²) in [5.74, 6) is 1.03. The topological polar surface area (TPSA) is 97.5 Å². The fraction of sp³-hybridized carbons (Fsp3) is 0.474. The van der Waals surface area contributed by atoms with Crippen molar-refractivity contribution in [3.05, 3.63) is 42.0 Å². The van der Waals surface area contributed by atoms with Crippen molar-refractivity contribution in [2.24, 2.45) is 0 Å². The summed E-state index contributed by atoms with van der Waals surface area (Å²) in [7, 11) is 0. The SMILES string of the molecule is O=C(NCc1ccc(N2CCCC2=O)cc1)N1CCN(Cc2ncn[nH]2)CC1. The number of amides is 3. The lowest BCUT2D eigenvalue weighted by Gasteiger charge is -2.34. The molecule has 2 aliphatic heterocycles. The Bertz CT molecular complexity index is 798. The number of carbonyl (C=O) groups excluding carboxylic acids is 2. The third-order valence-electron chi connectivity index (χ3n) is 5.26. The van der Waals surface area contributed by atoms with E-state index in [1.807, 2.05) is 34.1 Å². The summed E-state index contributed by atoms with van der Waals surface area (Å²) in [5, 5.41) is 9.71. The number of benzene rings is 1. The van der Waals surface area contributed by atoms with Crippen LogP contribution in [0.1, 0.15) is 24.2 Å². The largest absolute Gasteiger partial charge is 0.334 e. The van der Waals surface area contributed by atoms with Gasteiger partial charge in [-0.25, -0.2) is 9.78 Å². The highest BCUT2D eigenvalue weighted by Gasteiger charge is 2.22. The average Bonchev–Trinajstić information content (AvgIpc) is 3.39. The van der Waals surface area contributed by atoms with Crippen LogP contribution < -0.4 is 10.2 Å². The predicted molar refractivity (Wildman–Crippen MR) is 103 cm³/mol. The molecule has 0 spiro atoms. The number of carbonyl (C=O) groups is 2. The lowest BCUT2D eigenvalue weighted by Crippen LogP contribution is -2.51. The van der Waals surface area contributed by atoms with Crippen LogP contribution in [0.4, 0.5) is 10.5 Å². The predicted octanol–water partition coefficient (Wildman–Crippen LogP) is 0.959. The zero-order valence-corrected chi connectivity index (χ0v) is 15.8. The lowest BCUT2D eigenvalue weighted by molar-refractivity contribution is -0.117. The lowest BCUT2D eigenvalue weighted by atomic mass is 10.2. The Morgan fingerprint density at radius 2 is 1.89 bits per heavy atom. The van der Waals surface area contributed by atoms with E-state index >= 15 is 0 Å². The van der Waals surface area contributed by atoms with Crippen molar-refractivity contribution in [3.63, 3.8) is 0 Å². The molecule has 1 aromatic heterocycles. The molecule has 2 N–H and O–H groups in total. The van der Waals surface area contributed by atoms with Crippen molar-refractivity contribution in [2.75, 3.05) is 37.6 Å². The zero-order chi connectivity index (χ0) is 19.3. The molecular formula is C19H25N7O2. The number of aromatic nitrogens is 3. The van der Waals surface area contributed by atoms with Crippen LogP contribution in [-0.4, -0.2) is 69.6 Å². The van der Waals surface area contributed by atoms with Crippen LogP contribution in [0.5, 0.6) is 0 Å². The van der Waals surface area contributed by atoms with Crippen LogP contribution in [0.2, 0.25) is 0 Å². The van der Waals surface area contributed by atoms with Gasteiger partial charge in [-0.3, -0.25) is 14.8 Å². The van der Waals surface area contributed by atoms with Crippen molar-refractivity contribution >= 4 is 17.6 Å². The van der Waals surface area contributed by atoms with Gasteiger partial charge in [0.1, 0.15) is 12.2 Å². The van der Waals surface area contributed by atoms with Crippen LogP contribution in [0, 0.1) is 0 Å². The van der Waals surface area contributed by atoms with Gasteiger partial charge in [-0.05, 0) is 24.1 Å². The molecule has 2 fully saturated rings. The van der Waals surface area contributed by atoms with Gasteiger partial charge in [0, 0.05) is 51.4 Å². The van der Waals surface area contributed by atoms with E-state index < -0.39 is 0 Å². The van der Waals surface area contributed by atoms with Gasteiger partial charge in [-0.1, -0.05) is 12.1 Å². The van der Waals surface area contributed by atoms with Crippen LogP contribution in [0.25, 0.3) is 0 Å². The molecule has 0 atom stereocenters. The average molecular weight is 383 g/mol. The van der Waals surface area contributed by atoms with E-state index in [4.69, 9.17) is 0 Å². The van der Waals surface area contributed by atoms with E-state index in [1.54, 1.807) is 0 Å². The van der Waals surface area contributed by atoms with Crippen molar-refractivity contribution in [2.45, 2.75) is 25.9 Å². The van der Waals surface area contributed by atoms with Crippen LogP contribution >= 0.6 is 0 Å². The number of piperazine rings is 1. The fourth-order valence-corrected chi connectivity index (χ4v) is 3.63. The molecule has 0 aliphatic carbocycles. The molecule has 1 aromatic carbocycles. The molecule has 2 saturated heterocycles. The van der Waals surface area contributed by atoms with Gasteiger partial charge >= 0.3 is 6.03 Å². The number of H-pyrrole nitrogens is 1. The van der Waals surface area contributed by atoms with Crippen LogP contribution in [-0.2, 0) is 17.9 Å². The Morgan fingerprint density at radius 3 is 2.54 bits per heavy atom. The molecule has 0 saturated carbocycles. The van der Waals surface area contributed by atoms with E-state index in [0.29, 0.717) is 26.1 Å². The molecule has 3 amide bonds. The van der Waals surface area contributed by atoms with E-state index in [1.165, 1.54) is 6.33 Å². The van der Waals surface area contributed by atoms with E-state index in [2.05, 4.69) is 25.4 Å². The third-order valence-corrected chi connectivity index (χ3v) is 5.26. The maximum absolute atomic E-state index is 12.4. The number of hydrogen-bond acceptors (Lipinski definition) is 5. The summed E-state index contributed by atoms with van der Waals surface area (Å²) in [4.78, 5) is 34.3. The summed E-state index contributed by atoms with van der Waals surface area (Å²) in [5.41, 5.74) is 1.95. The number of hydrogen-bond donors (Lipinski definition) is 2. The maximum Gasteiger partial charge on any atom is 0.317 e. The standard InChI is InChI=1S/C19H25N7O2/c27-18-2-1-7-26(18)16-5-3-15(4-6-16)12-20-19(28)25-10-8-24(9-11-25)13-17-21-14-22-23-17/h3-6,14H,1-2,7-13H2,(H,20,28)(H,21,22,23). The van der Waals surface area contributed by atoms with Crippen molar-refractivity contribution in [3.8, 4) is 0 Å². The highest BCUT2D eigenvalue weighted by molar-refractivity contribution is 5.95. The molecular weight excluding hydrogens is 358 g/mol. The fourth-order valence-electron chi connectivity index (χ4n) is 3.63. The molecule has 4 rings (SSSR count). The first-order valence-electron chi connectivity index (χ1n) is 9.68. The van der Waals surface area contributed by atoms with Crippen molar-refractivity contribution < 1.29 is 9.59 Å². The normalized spacial score (nSPS) is 17.9. The second-order valence-corrected chi connectivity index (χ2v) is 7.17. The van der Waals surface area contributed by atoms with Gasteiger partial charge in [-0.15, -0.1) is 0 Å².